The Morgan fingerprint density at radius 1 is 1.26 bits per heavy atom. The first-order chi connectivity index (χ1) is 9.02. The minimum atomic E-state index is -3.37. The number of aliphatic hydroxyl groups excluding tert-OH is 1. The fourth-order valence-electron chi connectivity index (χ4n) is 3.38. The van der Waals surface area contributed by atoms with Crippen LogP contribution in [0.15, 0.2) is 29.2 Å². The van der Waals surface area contributed by atoms with Crippen LogP contribution >= 0.6 is 0 Å². The highest BCUT2D eigenvalue weighted by Crippen LogP contribution is 2.44. The van der Waals surface area contributed by atoms with E-state index in [-0.39, 0.29) is 18.6 Å². The summed E-state index contributed by atoms with van der Waals surface area (Å²) in [4.78, 5) is 0.381. The van der Waals surface area contributed by atoms with E-state index >= 15 is 0 Å². The SMILES string of the molecule is Cc1ccc(S(=O)(=O)N2CC3CC2CC3CO)cc1. The average molecular weight is 281 g/mol. The summed E-state index contributed by atoms with van der Waals surface area (Å²) in [7, 11) is -3.37. The molecule has 3 atom stereocenters. The minimum Gasteiger partial charge on any atom is -0.396 e. The van der Waals surface area contributed by atoms with E-state index < -0.39 is 10.0 Å². The second kappa shape index (κ2) is 4.58. The van der Waals surface area contributed by atoms with Crippen LogP contribution < -0.4 is 0 Å². The summed E-state index contributed by atoms with van der Waals surface area (Å²) in [5, 5.41) is 9.26. The Kier molecular flexibility index (Phi) is 3.15. The zero-order valence-electron chi connectivity index (χ0n) is 11.0. The van der Waals surface area contributed by atoms with Gasteiger partial charge in [0.2, 0.25) is 10.0 Å². The monoisotopic (exact) mass is 281 g/mol. The van der Waals surface area contributed by atoms with Crippen molar-refractivity contribution in [1.29, 1.82) is 0 Å². The standard InChI is InChI=1S/C14H19NO3S/c1-10-2-4-14(5-3-10)19(17,18)15-8-11-6-13(15)7-12(11)9-16/h2-5,11-13,16H,6-9H2,1H3. The first-order valence-corrected chi connectivity index (χ1v) is 8.15. The molecule has 1 aliphatic heterocycles. The summed E-state index contributed by atoms with van der Waals surface area (Å²) in [5.74, 6) is 0.615. The molecule has 4 nitrogen and oxygen atoms in total. The van der Waals surface area contributed by atoms with E-state index in [1.807, 2.05) is 19.1 Å². The van der Waals surface area contributed by atoms with Gasteiger partial charge < -0.3 is 5.11 Å². The van der Waals surface area contributed by atoms with Gasteiger partial charge in [-0.3, -0.25) is 0 Å². The molecule has 104 valence electrons. The molecule has 3 unspecified atom stereocenters. The first kappa shape index (κ1) is 13.1. The van der Waals surface area contributed by atoms with E-state index in [4.69, 9.17) is 0 Å². The zero-order chi connectivity index (χ0) is 13.6. The van der Waals surface area contributed by atoms with Crippen molar-refractivity contribution >= 4 is 10.0 Å². The van der Waals surface area contributed by atoms with Gasteiger partial charge in [0.15, 0.2) is 0 Å². The third kappa shape index (κ3) is 2.10. The van der Waals surface area contributed by atoms with Crippen LogP contribution in [0.2, 0.25) is 0 Å². The van der Waals surface area contributed by atoms with Crippen LogP contribution in [0, 0.1) is 18.8 Å². The molecule has 0 radical (unpaired) electrons. The van der Waals surface area contributed by atoms with E-state index in [0.717, 1.165) is 18.4 Å². The number of rotatable bonds is 3. The van der Waals surface area contributed by atoms with Crippen LogP contribution in [0.3, 0.4) is 0 Å². The number of hydrogen-bond donors (Lipinski definition) is 1. The van der Waals surface area contributed by atoms with Crippen LogP contribution in [0.25, 0.3) is 0 Å². The van der Waals surface area contributed by atoms with Gasteiger partial charge in [-0.2, -0.15) is 4.31 Å². The lowest BCUT2D eigenvalue weighted by Gasteiger charge is -2.29. The highest BCUT2D eigenvalue weighted by atomic mass is 32.2. The van der Waals surface area contributed by atoms with E-state index in [0.29, 0.717) is 17.4 Å². The maximum absolute atomic E-state index is 12.6. The number of piperidine rings is 1. The largest absolute Gasteiger partial charge is 0.396 e. The maximum atomic E-state index is 12.6. The Labute approximate surface area is 114 Å². The van der Waals surface area contributed by atoms with Crippen molar-refractivity contribution in [3.63, 3.8) is 0 Å². The molecule has 1 N–H and O–H groups in total. The van der Waals surface area contributed by atoms with Crippen molar-refractivity contribution in [3.05, 3.63) is 29.8 Å². The van der Waals surface area contributed by atoms with Gasteiger partial charge >= 0.3 is 0 Å². The van der Waals surface area contributed by atoms with Crippen LogP contribution in [0.5, 0.6) is 0 Å². The summed E-state index contributed by atoms with van der Waals surface area (Å²) in [6.45, 7) is 2.69. The van der Waals surface area contributed by atoms with Gasteiger partial charge in [-0.1, -0.05) is 17.7 Å². The third-order valence-electron chi connectivity index (χ3n) is 4.50. The third-order valence-corrected chi connectivity index (χ3v) is 6.43. The molecule has 2 fully saturated rings. The fraction of sp³-hybridized carbons (Fsp3) is 0.571. The van der Waals surface area contributed by atoms with Crippen molar-refractivity contribution in [2.75, 3.05) is 13.2 Å². The predicted molar refractivity (Wildman–Crippen MR) is 72.2 cm³/mol. The molecule has 0 amide bonds. The van der Waals surface area contributed by atoms with Crippen LogP contribution in [-0.4, -0.2) is 37.0 Å². The summed E-state index contributed by atoms with van der Waals surface area (Å²) in [6, 6.07) is 7.10. The predicted octanol–water partition coefficient (Wildman–Crippen LogP) is 1.39. The Hall–Kier alpha value is -0.910. The summed E-state index contributed by atoms with van der Waals surface area (Å²) < 4.78 is 26.8. The number of benzene rings is 1. The molecule has 1 aromatic rings. The van der Waals surface area contributed by atoms with Crippen LogP contribution in [0.4, 0.5) is 0 Å². The lowest BCUT2D eigenvalue weighted by Crippen LogP contribution is -2.40. The molecule has 1 aromatic carbocycles. The molecular formula is C14H19NO3S. The van der Waals surface area contributed by atoms with Crippen molar-refractivity contribution in [1.82, 2.24) is 4.31 Å². The van der Waals surface area contributed by atoms with Crippen LogP contribution in [0.1, 0.15) is 18.4 Å². The minimum absolute atomic E-state index is 0.0773. The summed E-state index contributed by atoms with van der Waals surface area (Å²) in [5.41, 5.74) is 1.06. The molecule has 2 aliphatic rings. The van der Waals surface area contributed by atoms with Crippen molar-refractivity contribution in [3.8, 4) is 0 Å². The molecule has 0 aromatic heterocycles. The molecule has 5 heteroatoms. The molecule has 1 aliphatic carbocycles. The quantitative estimate of drug-likeness (QED) is 0.911. The average Bonchev–Trinajstić information content (AvgIpc) is 2.98. The van der Waals surface area contributed by atoms with Gasteiger partial charge in [-0.25, -0.2) is 8.42 Å². The number of fused-ring (bicyclic) bond motifs is 2. The molecular weight excluding hydrogens is 262 g/mol. The van der Waals surface area contributed by atoms with E-state index in [1.165, 1.54) is 0 Å². The number of nitrogens with zero attached hydrogens (tertiary/aromatic N) is 1. The van der Waals surface area contributed by atoms with Gasteiger partial charge in [0.25, 0.3) is 0 Å². The van der Waals surface area contributed by atoms with E-state index in [2.05, 4.69) is 0 Å². The highest BCUT2D eigenvalue weighted by Gasteiger charge is 2.48. The Morgan fingerprint density at radius 2 is 1.95 bits per heavy atom. The number of hydrogen-bond acceptors (Lipinski definition) is 3. The number of aliphatic hydroxyl groups is 1. The first-order valence-electron chi connectivity index (χ1n) is 6.71. The Balaban J connectivity index is 1.85. The fourth-order valence-corrected chi connectivity index (χ4v) is 5.09. The zero-order valence-corrected chi connectivity index (χ0v) is 11.8. The molecule has 19 heavy (non-hydrogen) atoms. The lowest BCUT2D eigenvalue weighted by molar-refractivity contribution is 0.161. The highest BCUT2D eigenvalue weighted by molar-refractivity contribution is 7.89. The molecule has 1 saturated carbocycles. The molecule has 1 saturated heterocycles. The van der Waals surface area contributed by atoms with E-state index in [9.17, 15) is 13.5 Å². The molecule has 1 heterocycles. The van der Waals surface area contributed by atoms with Gasteiger partial charge in [0.05, 0.1) is 4.90 Å². The maximum Gasteiger partial charge on any atom is 0.243 e. The second-order valence-corrected chi connectivity index (χ2v) is 7.61. The lowest BCUT2D eigenvalue weighted by atomic mass is 9.96. The van der Waals surface area contributed by atoms with Crippen LogP contribution in [-0.2, 0) is 10.0 Å². The van der Waals surface area contributed by atoms with Gasteiger partial charge in [0, 0.05) is 19.2 Å². The van der Waals surface area contributed by atoms with Gasteiger partial charge in [-0.05, 0) is 43.7 Å². The Morgan fingerprint density at radius 3 is 2.47 bits per heavy atom. The summed E-state index contributed by atoms with van der Waals surface area (Å²) >= 11 is 0. The van der Waals surface area contributed by atoms with Crippen molar-refractivity contribution in [2.24, 2.45) is 11.8 Å². The number of aryl methyl sites for hydroxylation is 1. The Bertz CT molecular complexity index is 567. The second-order valence-electron chi connectivity index (χ2n) is 5.72. The summed E-state index contributed by atoms with van der Waals surface area (Å²) in [6.07, 6.45) is 1.70. The van der Waals surface area contributed by atoms with Crippen molar-refractivity contribution < 1.29 is 13.5 Å². The topological polar surface area (TPSA) is 57.6 Å². The smallest absolute Gasteiger partial charge is 0.243 e. The molecule has 3 rings (SSSR count). The van der Waals surface area contributed by atoms with Gasteiger partial charge in [-0.15, -0.1) is 0 Å². The van der Waals surface area contributed by atoms with Gasteiger partial charge in [0.1, 0.15) is 0 Å². The normalized spacial score (nSPS) is 30.9. The van der Waals surface area contributed by atoms with E-state index in [1.54, 1.807) is 16.4 Å². The van der Waals surface area contributed by atoms with Crippen molar-refractivity contribution in [2.45, 2.75) is 30.7 Å². The molecule has 2 bridgehead atoms. The molecule has 0 spiro atoms. The number of sulfonamides is 1.